The highest BCUT2D eigenvalue weighted by atomic mass is 35.5. The molecule has 0 heterocycles. The highest BCUT2D eigenvalue weighted by Gasteiger charge is 2.14. The van der Waals surface area contributed by atoms with Gasteiger partial charge in [-0.2, -0.15) is 0 Å². The van der Waals surface area contributed by atoms with Gasteiger partial charge in [-0.25, -0.2) is 0 Å². The molecule has 0 aliphatic heterocycles. The molecule has 0 spiro atoms. The lowest BCUT2D eigenvalue weighted by atomic mass is 10.0. The Kier molecular flexibility index (Phi) is 4.92. The van der Waals surface area contributed by atoms with Gasteiger partial charge in [0.25, 0.3) is 0 Å². The van der Waals surface area contributed by atoms with Crippen LogP contribution in [0, 0.1) is 20.8 Å². The molecule has 0 fully saturated rings. The molecular formula is C18H22ClNO. The van der Waals surface area contributed by atoms with Gasteiger partial charge in [-0.3, -0.25) is 0 Å². The molecule has 1 unspecified atom stereocenters. The van der Waals surface area contributed by atoms with Crippen LogP contribution >= 0.6 is 11.6 Å². The molecule has 0 radical (unpaired) electrons. The Morgan fingerprint density at radius 1 is 1.05 bits per heavy atom. The van der Waals surface area contributed by atoms with Gasteiger partial charge in [0.1, 0.15) is 11.5 Å². The fourth-order valence-corrected chi connectivity index (χ4v) is 2.59. The Morgan fingerprint density at radius 3 is 2.38 bits per heavy atom. The first-order valence-electron chi connectivity index (χ1n) is 7.17. The Hall–Kier alpha value is -1.51. The van der Waals surface area contributed by atoms with E-state index in [1.165, 1.54) is 5.56 Å². The van der Waals surface area contributed by atoms with Gasteiger partial charge in [-0.05, 0) is 62.4 Å². The zero-order valence-electron chi connectivity index (χ0n) is 13.0. The normalized spacial score (nSPS) is 12.3. The summed E-state index contributed by atoms with van der Waals surface area (Å²) in [7, 11) is 0. The molecule has 21 heavy (non-hydrogen) atoms. The van der Waals surface area contributed by atoms with Crippen molar-refractivity contribution >= 4 is 11.6 Å². The Labute approximate surface area is 131 Å². The number of rotatable bonds is 4. The largest absolute Gasteiger partial charge is 0.455 e. The van der Waals surface area contributed by atoms with Crippen molar-refractivity contribution in [1.29, 1.82) is 0 Å². The summed E-state index contributed by atoms with van der Waals surface area (Å²) in [6, 6.07) is 10.0. The fourth-order valence-electron chi connectivity index (χ4n) is 2.36. The van der Waals surface area contributed by atoms with Crippen LogP contribution in [0.5, 0.6) is 11.5 Å². The molecule has 0 saturated carbocycles. The maximum atomic E-state index is 6.34. The molecule has 0 amide bonds. The van der Waals surface area contributed by atoms with Crippen LogP contribution in [-0.4, -0.2) is 6.04 Å². The Balaban J connectivity index is 2.47. The molecule has 2 rings (SSSR count). The monoisotopic (exact) mass is 303 g/mol. The molecule has 0 saturated heterocycles. The Morgan fingerprint density at radius 2 is 1.71 bits per heavy atom. The summed E-state index contributed by atoms with van der Waals surface area (Å²) < 4.78 is 6.20. The van der Waals surface area contributed by atoms with Crippen molar-refractivity contribution in [2.24, 2.45) is 5.73 Å². The zero-order chi connectivity index (χ0) is 15.6. The number of nitrogens with two attached hydrogens (primary N) is 1. The van der Waals surface area contributed by atoms with Crippen LogP contribution in [0.2, 0.25) is 5.02 Å². The van der Waals surface area contributed by atoms with Crippen LogP contribution in [0.3, 0.4) is 0 Å². The lowest BCUT2D eigenvalue weighted by molar-refractivity contribution is 0.466. The zero-order valence-corrected chi connectivity index (χ0v) is 13.8. The van der Waals surface area contributed by atoms with Crippen molar-refractivity contribution in [3.63, 3.8) is 0 Å². The van der Waals surface area contributed by atoms with E-state index in [4.69, 9.17) is 22.1 Å². The first kappa shape index (κ1) is 15.9. The van der Waals surface area contributed by atoms with Crippen molar-refractivity contribution in [2.75, 3.05) is 0 Å². The molecule has 0 aliphatic carbocycles. The summed E-state index contributed by atoms with van der Waals surface area (Å²) in [6.45, 7) is 8.18. The predicted molar refractivity (Wildman–Crippen MR) is 89.5 cm³/mol. The SMILES string of the molecule is Cc1ccc(C)c(Oc2c(Cl)cccc2CC(C)N)c1C. The summed E-state index contributed by atoms with van der Waals surface area (Å²) in [6.07, 6.45) is 0.736. The van der Waals surface area contributed by atoms with E-state index in [1.807, 2.05) is 32.0 Å². The highest BCUT2D eigenvalue weighted by molar-refractivity contribution is 6.32. The van der Waals surface area contributed by atoms with Gasteiger partial charge >= 0.3 is 0 Å². The first-order valence-corrected chi connectivity index (χ1v) is 7.55. The molecule has 1 atom stereocenters. The number of halogens is 1. The van der Waals surface area contributed by atoms with Gasteiger partial charge < -0.3 is 10.5 Å². The summed E-state index contributed by atoms with van der Waals surface area (Å²) in [5.74, 6) is 1.60. The topological polar surface area (TPSA) is 35.2 Å². The van der Waals surface area contributed by atoms with Crippen molar-refractivity contribution in [3.05, 3.63) is 57.6 Å². The molecule has 2 aromatic carbocycles. The fraction of sp³-hybridized carbons (Fsp3) is 0.333. The average molecular weight is 304 g/mol. The highest BCUT2D eigenvalue weighted by Crippen LogP contribution is 2.37. The van der Waals surface area contributed by atoms with E-state index in [0.29, 0.717) is 10.8 Å². The maximum absolute atomic E-state index is 6.34. The van der Waals surface area contributed by atoms with Gasteiger partial charge in [0.2, 0.25) is 0 Å². The van der Waals surface area contributed by atoms with Gasteiger partial charge in [0, 0.05) is 6.04 Å². The third kappa shape index (κ3) is 3.58. The second kappa shape index (κ2) is 6.50. The van der Waals surface area contributed by atoms with E-state index in [1.54, 1.807) is 0 Å². The molecule has 2 N–H and O–H groups in total. The van der Waals surface area contributed by atoms with Crippen molar-refractivity contribution in [1.82, 2.24) is 0 Å². The molecule has 3 heteroatoms. The number of benzene rings is 2. The molecule has 0 aliphatic rings. The van der Waals surface area contributed by atoms with Gasteiger partial charge in [0.15, 0.2) is 0 Å². The minimum absolute atomic E-state index is 0.0607. The van der Waals surface area contributed by atoms with Crippen LogP contribution in [0.15, 0.2) is 30.3 Å². The van der Waals surface area contributed by atoms with E-state index >= 15 is 0 Å². The number of hydrogen-bond acceptors (Lipinski definition) is 2. The van der Waals surface area contributed by atoms with Crippen molar-refractivity contribution in [2.45, 2.75) is 40.2 Å². The number of para-hydroxylation sites is 1. The van der Waals surface area contributed by atoms with Gasteiger partial charge in [-0.1, -0.05) is 35.9 Å². The average Bonchev–Trinajstić information content (AvgIpc) is 2.41. The van der Waals surface area contributed by atoms with Crippen LogP contribution in [-0.2, 0) is 6.42 Å². The van der Waals surface area contributed by atoms with Crippen LogP contribution in [0.1, 0.15) is 29.2 Å². The molecule has 0 bridgehead atoms. The van der Waals surface area contributed by atoms with Crippen molar-refractivity contribution < 1.29 is 4.74 Å². The third-order valence-corrected chi connectivity index (χ3v) is 3.97. The van der Waals surface area contributed by atoms with E-state index in [0.717, 1.165) is 28.9 Å². The predicted octanol–water partition coefficient (Wildman–Crippen LogP) is 4.95. The van der Waals surface area contributed by atoms with Crippen LogP contribution in [0.25, 0.3) is 0 Å². The number of hydrogen-bond donors (Lipinski definition) is 1. The summed E-state index contributed by atoms with van der Waals surface area (Å²) >= 11 is 6.34. The quantitative estimate of drug-likeness (QED) is 0.867. The molecular weight excluding hydrogens is 282 g/mol. The van der Waals surface area contributed by atoms with Gasteiger partial charge in [0.05, 0.1) is 5.02 Å². The van der Waals surface area contributed by atoms with E-state index in [2.05, 4.69) is 26.0 Å². The van der Waals surface area contributed by atoms with Crippen LogP contribution < -0.4 is 10.5 Å². The third-order valence-electron chi connectivity index (χ3n) is 3.67. The second-order valence-electron chi connectivity index (χ2n) is 5.67. The maximum Gasteiger partial charge on any atom is 0.149 e. The number of ether oxygens (including phenoxy) is 1. The lowest BCUT2D eigenvalue weighted by Gasteiger charge is -2.18. The van der Waals surface area contributed by atoms with E-state index < -0.39 is 0 Å². The molecule has 2 nitrogen and oxygen atoms in total. The molecule has 2 aromatic rings. The first-order chi connectivity index (χ1) is 9.90. The number of aryl methyl sites for hydroxylation is 2. The molecule has 112 valence electrons. The smallest absolute Gasteiger partial charge is 0.149 e. The second-order valence-corrected chi connectivity index (χ2v) is 6.07. The van der Waals surface area contributed by atoms with Crippen LogP contribution in [0.4, 0.5) is 0 Å². The van der Waals surface area contributed by atoms with Crippen molar-refractivity contribution in [3.8, 4) is 11.5 Å². The minimum atomic E-state index is 0.0607. The van der Waals surface area contributed by atoms with E-state index in [9.17, 15) is 0 Å². The summed E-state index contributed by atoms with van der Waals surface area (Å²) in [5, 5.41) is 0.619. The van der Waals surface area contributed by atoms with E-state index in [-0.39, 0.29) is 6.04 Å². The minimum Gasteiger partial charge on any atom is -0.455 e. The molecule has 0 aromatic heterocycles. The summed E-state index contributed by atoms with van der Waals surface area (Å²) in [4.78, 5) is 0. The van der Waals surface area contributed by atoms with Gasteiger partial charge in [-0.15, -0.1) is 0 Å². The standard InChI is InChI=1S/C18H22ClNO/c1-11-8-9-12(2)17(14(11)4)21-18-15(10-13(3)20)6-5-7-16(18)19/h5-9,13H,10,20H2,1-4H3. The Bertz CT molecular complexity index is 650. The lowest BCUT2D eigenvalue weighted by Crippen LogP contribution is -2.18. The summed E-state index contributed by atoms with van der Waals surface area (Å²) in [5.41, 5.74) is 10.4.